The van der Waals surface area contributed by atoms with Crippen LogP contribution in [0, 0.1) is 0 Å². The van der Waals surface area contributed by atoms with Gasteiger partial charge >= 0.3 is 6.18 Å². The van der Waals surface area contributed by atoms with E-state index in [1.807, 2.05) is 0 Å². The number of benzene rings is 2. The number of aliphatic hydroxyl groups excluding tert-OH is 1. The number of amides is 1. The molecule has 1 aromatic heterocycles. The third kappa shape index (κ3) is 4.59. The van der Waals surface area contributed by atoms with Gasteiger partial charge < -0.3 is 24.8 Å². The van der Waals surface area contributed by atoms with Gasteiger partial charge in [-0.2, -0.15) is 13.2 Å². The summed E-state index contributed by atoms with van der Waals surface area (Å²) in [5.41, 5.74) is -0.0230. The number of alkyl halides is 3. The number of aromatic nitrogens is 1. The SMILES string of the molecule is COc1cnc(N2c3cccc(C(=O)Nc4ccc(C(F)(F)F)cc4)c3OC[C@@H]2CO)c(Cl)c1. The number of hydrogen-bond donors (Lipinski definition) is 2. The molecule has 178 valence electrons. The first-order valence-corrected chi connectivity index (χ1v) is 10.4. The Morgan fingerprint density at radius 1 is 1.29 bits per heavy atom. The normalized spacial score (nSPS) is 15.4. The number of hydrogen-bond acceptors (Lipinski definition) is 6. The number of anilines is 3. The number of aliphatic hydroxyl groups is 1. The van der Waals surface area contributed by atoms with Gasteiger partial charge in [-0.25, -0.2) is 4.98 Å². The minimum absolute atomic E-state index is 0.0398. The summed E-state index contributed by atoms with van der Waals surface area (Å²) in [6.07, 6.45) is -3.00. The molecule has 0 radical (unpaired) electrons. The number of rotatable bonds is 5. The first-order chi connectivity index (χ1) is 16.2. The Balaban J connectivity index is 1.67. The first-order valence-electron chi connectivity index (χ1n) is 10.1. The highest BCUT2D eigenvalue weighted by Crippen LogP contribution is 2.43. The predicted molar refractivity (Wildman–Crippen MR) is 120 cm³/mol. The van der Waals surface area contributed by atoms with Crippen LogP contribution in [0.15, 0.2) is 54.7 Å². The van der Waals surface area contributed by atoms with Crippen molar-refractivity contribution in [3.8, 4) is 11.5 Å². The zero-order valence-electron chi connectivity index (χ0n) is 17.8. The van der Waals surface area contributed by atoms with E-state index in [1.165, 1.54) is 31.5 Å². The van der Waals surface area contributed by atoms with Gasteiger partial charge in [0.2, 0.25) is 0 Å². The fraction of sp³-hybridized carbons (Fsp3) is 0.217. The summed E-state index contributed by atoms with van der Waals surface area (Å²) >= 11 is 6.42. The molecular formula is C23H19ClF3N3O4. The van der Waals surface area contributed by atoms with E-state index in [0.29, 0.717) is 17.3 Å². The number of nitrogens with zero attached hydrogens (tertiary/aromatic N) is 2. The summed E-state index contributed by atoms with van der Waals surface area (Å²) in [7, 11) is 1.48. The molecule has 0 unspecified atom stereocenters. The van der Waals surface area contributed by atoms with Crippen LogP contribution in [-0.4, -0.2) is 42.4 Å². The van der Waals surface area contributed by atoms with E-state index in [-0.39, 0.29) is 35.2 Å². The predicted octanol–water partition coefficient (Wildman–Crippen LogP) is 4.91. The van der Waals surface area contributed by atoms with Crippen molar-refractivity contribution in [2.24, 2.45) is 0 Å². The van der Waals surface area contributed by atoms with Gasteiger partial charge in [-0.3, -0.25) is 4.79 Å². The molecule has 0 saturated heterocycles. The molecule has 2 N–H and O–H groups in total. The van der Waals surface area contributed by atoms with E-state index in [0.717, 1.165) is 12.1 Å². The fourth-order valence-corrected chi connectivity index (χ4v) is 3.81. The van der Waals surface area contributed by atoms with Crippen LogP contribution in [0.3, 0.4) is 0 Å². The summed E-state index contributed by atoms with van der Waals surface area (Å²) in [6.45, 7) is -0.233. The molecule has 34 heavy (non-hydrogen) atoms. The molecule has 1 aliphatic rings. The molecule has 0 fully saturated rings. The van der Waals surface area contributed by atoms with Gasteiger partial charge in [0, 0.05) is 11.8 Å². The Morgan fingerprint density at radius 3 is 2.65 bits per heavy atom. The number of carbonyl (C=O) groups excluding carboxylic acids is 1. The van der Waals surface area contributed by atoms with E-state index < -0.39 is 23.7 Å². The summed E-state index contributed by atoms with van der Waals surface area (Å²) < 4.78 is 49.3. The summed E-state index contributed by atoms with van der Waals surface area (Å²) in [5, 5.41) is 12.8. The highest BCUT2D eigenvalue weighted by Gasteiger charge is 2.34. The number of nitrogens with one attached hydrogen (secondary N) is 1. The van der Waals surface area contributed by atoms with Crippen molar-refractivity contribution in [2.75, 3.05) is 30.5 Å². The zero-order valence-corrected chi connectivity index (χ0v) is 18.5. The standard InChI is InChI=1S/C23H19ClF3N3O4/c1-33-16-9-18(24)21(28-10-16)30-15(11-31)12-34-20-17(3-2-4-19(20)30)22(32)29-14-7-5-13(6-8-14)23(25,26)27/h2-10,15,31H,11-12H2,1H3,(H,29,32)/t15-/m0/s1. The largest absolute Gasteiger partial charge is 0.495 e. The maximum absolute atomic E-state index is 13.0. The second-order valence-corrected chi connectivity index (χ2v) is 7.79. The lowest BCUT2D eigenvalue weighted by molar-refractivity contribution is -0.137. The number of fused-ring (bicyclic) bond motifs is 1. The highest BCUT2D eigenvalue weighted by atomic mass is 35.5. The quantitative estimate of drug-likeness (QED) is 0.525. The van der Waals surface area contributed by atoms with Crippen LogP contribution in [0.4, 0.5) is 30.4 Å². The third-order valence-electron chi connectivity index (χ3n) is 5.23. The topological polar surface area (TPSA) is 83.9 Å². The molecular weight excluding hydrogens is 475 g/mol. The Kier molecular flexibility index (Phi) is 6.54. The summed E-state index contributed by atoms with van der Waals surface area (Å²) in [6, 6.07) is 10.0. The smallest absolute Gasteiger partial charge is 0.416 e. The van der Waals surface area contributed by atoms with Gasteiger partial charge in [0.05, 0.1) is 47.8 Å². The Labute approximate surface area is 197 Å². The molecule has 4 rings (SSSR count). The van der Waals surface area contributed by atoms with E-state index >= 15 is 0 Å². The third-order valence-corrected chi connectivity index (χ3v) is 5.50. The van der Waals surface area contributed by atoms with Crippen LogP contribution in [0.2, 0.25) is 5.02 Å². The number of carbonyl (C=O) groups is 1. The molecule has 2 heterocycles. The minimum Gasteiger partial charge on any atom is -0.495 e. The molecule has 1 atom stereocenters. The summed E-state index contributed by atoms with van der Waals surface area (Å²) in [4.78, 5) is 19.0. The molecule has 1 amide bonds. The molecule has 0 saturated carbocycles. The van der Waals surface area contributed by atoms with Gasteiger partial charge in [-0.15, -0.1) is 0 Å². The summed E-state index contributed by atoms with van der Waals surface area (Å²) in [5.74, 6) is 0.442. The number of ether oxygens (including phenoxy) is 2. The van der Waals surface area contributed by atoms with Crippen molar-refractivity contribution in [1.29, 1.82) is 0 Å². The Hall–Kier alpha value is -3.50. The lowest BCUT2D eigenvalue weighted by Crippen LogP contribution is -2.43. The van der Waals surface area contributed by atoms with E-state index in [2.05, 4.69) is 10.3 Å². The molecule has 11 heteroatoms. The Bertz CT molecular complexity index is 1210. The number of halogens is 4. The highest BCUT2D eigenvalue weighted by molar-refractivity contribution is 6.33. The van der Waals surface area contributed by atoms with Crippen molar-refractivity contribution in [3.05, 3.63) is 70.9 Å². The maximum atomic E-state index is 13.0. The fourth-order valence-electron chi connectivity index (χ4n) is 3.56. The lowest BCUT2D eigenvalue weighted by Gasteiger charge is -2.37. The zero-order chi connectivity index (χ0) is 24.5. The van der Waals surface area contributed by atoms with E-state index in [1.54, 1.807) is 23.1 Å². The minimum atomic E-state index is -4.47. The van der Waals surface area contributed by atoms with Gasteiger partial charge in [0.1, 0.15) is 12.4 Å². The van der Waals surface area contributed by atoms with Crippen LogP contribution in [0.25, 0.3) is 0 Å². The van der Waals surface area contributed by atoms with Crippen molar-refractivity contribution in [1.82, 2.24) is 4.98 Å². The van der Waals surface area contributed by atoms with Gasteiger partial charge in [-0.1, -0.05) is 17.7 Å². The molecule has 2 aromatic carbocycles. The average Bonchev–Trinajstić information content (AvgIpc) is 2.82. The van der Waals surface area contributed by atoms with Gasteiger partial charge in [0.25, 0.3) is 5.91 Å². The lowest BCUT2D eigenvalue weighted by atomic mass is 10.1. The average molecular weight is 494 g/mol. The first kappa shape index (κ1) is 23.7. The van der Waals surface area contributed by atoms with E-state index in [4.69, 9.17) is 21.1 Å². The number of pyridine rings is 1. The van der Waals surface area contributed by atoms with Crippen molar-refractivity contribution in [2.45, 2.75) is 12.2 Å². The number of para-hydroxylation sites is 1. The van der Waals surface area contributed by atoms with Gasteiger partial charge in [0.15, 0.2) is 11.6 Å². The van der Waals surface area contributed by atoms with Gasteiger partial charge in [-0.05, 0) is 36.4 Å². The molecule has 0 aliphatic carbocycles. The van der Waals surface area contributed by atoms with Crippen LogP contribution in [-0.2, 0) is 6.18 Å². The van der Waals surface area contributed by atoms with Crippen molar-refractivity contribution < 1.29 is 32.5 Å². The maximum Gasteiger partial charge on any atom is 0.416 e. The molecule has 7 nitrogen and oxygen atoms in total. The van der Waals surface area contributed by atoms with Crippen LogP contribution >= 0.6 is 11.6 Å². The second-order valence-electron chi connectivity index (χ2n) is 7.38. The molecule has 1 aliphatic heterocycles. The van der Waals surface area contributed by atoms with Crippen LogP contribution in [0.1, 0.15) is 15.9 Å². The number of methoxy groups -OCH3 is 1. The molecule has 0 spiro atoms. The van der Waals surface area contributed by atoms with Crippen molar-refractivity contribution in [3.63, 3.8) is 0 Å². The van der Waals surface area contributed by atoms with Crippen molar-refractivity contribution >= 4 is 34.7 Å². The second kappa shape index (κ2) is 9.40. The monoisotopic (exact) mass is 493 g/mol. The van der Waals surface area contributed by atoms with Crippen LogP contribution in [0.5, 0.6) is 11.5 Å². The van der Waals surface area contributed by atoms with Crippen LogP contribution < -0.4 is 19.7 Å². The Morgan fingerprint density at radius 2 is 2.03 bits per heavy atom. The van der Waals surface area contributed by atoms with E-state index in [9.17, 15) is 23.1 Å². The molecule has 0 bridgehead atoms. The molecule has 3 aromatic rings.